The van der Waals surface area contributed by atoms with Crippen molar-refractivity contribution in [2.75, 3.05) is 0 Å². The van der Waals surface area contributed by atoms with Gasteiger partial charge < -0.3 is 9.29 Å². The molecule has 0 heterocycles. The summed E-state index contributed by atoms with van der Waals surface area (Å²) in [5.41, 5.74) is 1.68. The number of rotatable bonds is 5. The van der Waals surface area contributed by atoms with Crippen LogP contribution in [0.4, 0.5) is 0 Å². The summed E-state index contributed by atoms with van der Waals surface area (Å²) in [6.07, 6.45) is 6.23. The molecule has 0 radical (unpaired) electrons. The number of phenols is 1. The topological polar surface area (TPSA) is 101 Å². The first kappa shape index (κ1) is 21.8. The van der Waals surface area contributed by atoms with Crippen LogP contribution in [0.3, 0.4) is 0 Å². The quantitative estimate of drug-likeness (QED) is 0.404. The third-order valence-electron chi connectivity index (χ3n) is 7.63. The second-order valence-corrected chi connectivity index (χ2v) is 10.3. The molecule has 0 bridgehead atoms. The third-order valence-corrected chi connectivity index (χ3v) is 8.01. The molecule has 29 heavy (non-hydrogen) atoms. The highest BCUT2D eigenvalue weighted by Gasteiger charge is 2.54. The van der Waals surface area contributed by atoms with E-state index in [1.54, 1.807) is 0 Å². The van der Waals surface area contributed by atoms with Crippen molar-refractivity contribution in [3.8, 4) is 11.5 Å². The van der Waals surface area contributed by atoms with Gasteiger partial charge >= 0.3 is 10.4 Å². The van der Waals surface area contributed by atoms with Gasteiger partial charge in [0.1, 0.15) is 6.29 Å². The molecule has 2 aliphatic rings. The standard InChI is InChI=1S/C22H30O6S/c1-14-6-5-7-19-21(14,3)9-8-15(2)22(19,4)12-17-10-16(13-23)11-18(24)20(17)28-29(25,26)27/h10-11,13,15,19,24H,1,5-9,12H2,2-4H3,(H,25,26,27)/t15-,19+,21+,22+/m1/s1. The molecule has 1 aromatic carbocycles. The van der Waals surface area contributed by atoms with E-state index in [1.807, 2.05) is 0 Å². The predicted octanol–water partition coefficient (Wildman–Crippen LogP) is 4.73. The van der Waals surface area contributed by atoms with Crippen molar-refractivity contribution in [3.05, 3.63) is 35.4 Å². The van der Waals surface area contributed by atoms with E-state index in [0.717, 1.165) is 38.2 Å². The number of fused-ring (bicyclic) bond motifs is 1. The van der Waals surface area contributed by atoms with Crippen LogP contribution in [0.5, 0.6) is 11.5 Å². The molecule has 0 saturated heterocycles. The lowest BCUT2D eigenvalue weighted by Crippen LogP contribution is -2.51. The van der Waals surface area contributed by atoms with Crippen molar-refractivity contribution in [1.29, 1.82) is 0 Å². The highest BCUT2D eigenvalue weighted by molar-refractivity contribution is 7.81. The van der Waals surface area contributed by atoms with Gasteiger partial charge in [0.05, 0.1) is 0 Å². The molecule has 0 aliphatic heterocycles. The molecule has 0 amide bonds. The molecule has 6 nitrogen and oxygen atoms in total. The maximum atomic E-state index is 11.4. The van der Waals surface area contributed by atoms with Crippen LogP contribution in [0, 0.1) is 22.7 Å². The molecule has 2 fully saturated rings. The minimum atomic E-state index is -4.82. The lowest BCUT2D eigenvalue weighted by molar-refractivity contribution is -0.0490. The molecule has 2 aliphatic carbocycles. The third kappa shape index (κ3) is 3.94. The van der Waals surface area contributed by atoms with Crippen LogP contribution in [0.15, 0.2) is 24.3 Å². The molecular weight excluding hydrogens is 392 g/mol. The number of hydrogen-bond acceptors (Lipinski definition) is 5. The molecule has 0 unspecified atom stereocenters. The molecule has 1 aromatic rings. The fourth-order valence-electron chi connectivity index (χ4n) is 5.77. The Hall–Kier alpha value is -1.86. The SMILES string of the molecule is C=C1CCC[C@@H]2[C@@](C)(Cc3cc(C=O)cc(O)c3OS(=O)(=O)O)[C@H](C)CC[C@@]12C. The minimum absolute atomic E-state index is 0.00784. The van der Waals surface area contributed by atoms with Crippen molar-refractivity contribution in [3.63, 3.8) is 0 Å². The van der Waals surface area contributed by atoms with Crippen molar-refractivity contribution < 1.29 is 27.1 Å². The second-order valence-electron chi connectivity index (χ2n) is 9.25. The largest absolute Gasteiger partial charge is 0.504 e. The van der Waals surface area contributed by atoms with Crippen LogP contribution in [0.2, 0.25) is 0 Å². The van der Waals surface area contributed by atoms with E-state index in [1.165, 1.54) is 11.6 Å². The van der Waals surface area contributed by atoms with E-state index in [4.69, 9.17) is 4.18 Å². The summed E-state index contributed by atoms with van der Waals surface area (Å²) in [7, 11) is -4.82. The van der Waals surface area contributed by atoms with Gasteiger partial charge in [0.25, 0.3) is 0 Å². The summed E-state index contributed by atoms with van der Waals surface area (Å²) in [5, 5.41) is 10.3. The Kier molecular flexibility index (Phi) is 5.60. The minimum Gasteiger partial charge on any atom is -0.504 e. The summed E-state index contributed by atoms with van der Waals surface area (Å²) in [6, 6.07) is 2.67. The Labute approximate surface area is 172 Å². The van der Waals surface area contributed by atoms with Gasteiger partial charge in [-0.3, -0.25) is 9.35 Å². The van der Waals surface area contributed by atoms with Crippen LogP contribution >= 0.6 is 0 Å². The lowest BCUT2D eigenvalue weighted by atomic mass is 9.46. The number of hydrogen-bond donors (Lipinski definition) is 2. The zero-order valence-corrected chi connectivity index (χ0v) is 18.1. The first-order valence-electron chi connectivity index (χ1n) is 10.1. The Morgan fingerprint density at radius 1 is 1.31 bits per heavy atom. The number of allylic oxidation sites excluding steroid dienone is 1. The van der Waals surface area contributed by atoms with E-state index in [9.17, 15) is 22.9 Å². The normalized spacial score (nSPS) is 32.5. The molecule has 160 valence electrons. The summed E-state index contributed by atoms with van der Waals surface area (Å²) in [5.74, 6) is -0.119. The Balaban J connectivity index is 2.10. The van der Waals surface area contributed by atoms with Crippen LogP contribution < -0.4 is 4.18 Å². The number of aldehydes is 1. The number of carbonyl (C=O) groups excluding carboxylic acids is 1. The zero-order valence-electron chi connectivity index (χ0n) is 17.3. The molecule has 2 saturated carbocycles. The summed E-state index contributed by atoms with van der Waals surface area (Å²) >= 11 is 0. The summed E-state index contributed by atoms with van der Waals surface area (Å²) < 4.78 is 36.6. The Morgan fingerprint density at radius 2 is 2.00 bits per heavy atom. The van der Waals surface area contributed by atoms with Gasteiger partial charge in [-0.05, 0) is 73.3 Å². The van der Waals surface area contributed by atoms with Gasteiger partial charge in [-0.2, -0.15) is 8.42 Å². The van der Waals surface area contributed by atoms with E-state index in [-0.39, 0.29) is 22.1 Å². The molecule has 3 rings (SSSR count). The molecule has 4 atom stereocenters. The fraction of sp³-hybridized carbons (Fsp3) is 0.591. The highest BCUT2D eigenvalue weighted by Crippen LogP contribution is 2.62. The van der Waals surface area contributed by atoms with Gasteiger partial charge in [-0.25, -0.2) is 0 Å². The van der Waals surface area contributed by atoms with Gasteiger partial charge in [-0.1, -0.05) is 32.9 Å². The maximum Gasteiger partial charge on any atom is 0.446 e. The smallest absolute Gasteiger partial charge is 0.446 e. The van der Waals surface area contributed by atoms with Crippen molar-refractivity contribution in [2.45, 2.75) is 59.3 Å². The van der Waals surface area contributed by atoms with Gasteiger partial charge in [0.2, 0.25) is 0 Å². The number of benzene rings is 1. The van der Waals surface area contributed by atoms with Crippen molar-refractivity contribution >= 4 is 16.7 Å². The van der Waals surface area contributed by atoms with Crippen LogP contribution in [-0.4, -0.2) is 24.4 Å². The molecular formula is C22H30O6S. The van der Waals surface area contributed by atoms with Gasteiger partial charge in [-0.15, -0.1) is 0 Å². The lowest BCUT2D eigenvalue weighted by Gasteiger charge is -2.59. The maximum absolute atomic E-state index is 11.4. The van der Waals surface area contributed by atoms with E-state index in [2.05, 4.69) is 27.4 Å². The van der Waals surface area contributed by atoms with Crippen LogP contribution in [0.25, 0.3) is 0 Å². The average Bonchev–Trinajstić information content (AvgIpc) is 2.62. The molecule has 0 spiro atoms. The zero-order chi connectivity index (χ0) is 21.6. The highest BCUT2D eigenvalue weighted by atomic mass is 32.3. The molecule has 0 aromatic heterocycles. The Bertz CT molecular complexity index is 937. The molecule has 2 N–H and O–H groups in total. The number of carbonyl (C=O) groups is 1. The van der Waals surface area contributed by atoms with Crippen molar-refractivity contribution in [2.24, 2.45) is 22.7 Å². The Morgan fingerprint density at radius 3 is 2.62 bits per heavy atom. The fourth-order valence-corrected chi connectivity index (χ4v) is 6.18. The van der Waals surface area contributed by atoms with E-state index in [0.29, 0.717) is 30.1 Å². The van der Waals surface area contributed by atoms with E-state index >= 15 is 0 Å². The van der Waals surface area contributed by atoms with Gasteiger partial charge in [0, 0.05) is 11.1 Å². The predicted molar refractivity (Wildman–Crippen MR) is 110 cm³/mol. The average molecular weight is 423 g/mol. The van der Waals surface area contributed by atoms with Gasteiger partial charge in [0.15, 0.2) is 11.5 Å². The number of aromatic hydroxyl groups is 1. The monoisotopic (exact) mass is 422 g/mol. The summed E-state index contributed by atoms with van der Waals surface area (Å²) in [4.78, 5) is 11.3. The van der Waals surface area contributed by atoms with Crippen molar-refractivity contribution in [1.82, 2.24) is 0 Å². The van der Waals surface area contributed by atoms with E-state index < -0.39 is 16.1 Å². The molecule has 7 heteroatoms. The summed E-state index contributed by atoms with van der Waals surface area (Å²) in [6.45, 7) is 11.0. The van der Waals surface area contributed by atoms with Crippen LogP contribution in [0.1, 0.15) is 68.8 Å². The first-order valence-corrected chi connectivity index (χ1v) is 11.4. The number of phenolic OH excluding ortho intramolecular Hbond substituents is 1. The second kappa shape index (κ2) is 7.43. The first-order chi connectivity index (χ1) is 13.4. The van der Waals surface area contributed by atoms with Crippen LogP contribution in [-0.2, 0) is 16.8 Å².